The maximum atomic E-state index is 11.7. The van der Waals surface area contributed by atoms with Gasteiger partial charge in [-0.3, -0.25) is 9.80 Å². The Kier molecular flexibility index (Phi) is 2.52. The maximum Gasteiger partial charge on any atom is 0.426 e. The Hall–Kier alpha value is -2.04. The van der Waals surface area contributed by atoms with Crippen molar-refractivity contribution in [3.8, 4) is 0 Å². The third-order valence-corrected chi connectivity index (χ3v) is 2.72. The van der Waals surface area contributed by atoms with Crippen molar-refractivity contribution in [3.63, 3.8) is 0 Å². The van der Waals surface area contributed by atoms with Gasteiger partial charge in [-0.05, 0) is 11.1 Å². The third kappa shape index (κ3) is 1.71. The van der Waals surface area contributed by atoms with E-state index < -0.39 is 6.09 Å². The zero-order valence-electron chi connectivity index (χ0n) is 8.88. The number of rotatable bonds is 0. The summed E-state index contributed by atoms with van der Waals surface area (Å²) in [7, 11) is 1.47. The van der Waals surface area contributed by atoms with Gasteiger partial charge in [-0.25, -0.2) is 9.80 Å². The summed E-state index contributed by atoms with van der Waals surface area (Å²) in [4.78, 5) is 22.7. The molecule has 0 fully saturated rings. The Morgan fingerprint density at radius 1 is 1.31 bits per heavy atom. The van der Waals surface area contributed by atoms with Gasteiger partial charge in [0.25, 0.3) is 0 Å². The normalized spacial score (nSPS) is 15.7. The lowest BCUT2D eigenvalue weighted by molar-refractivity contribution is -0.141. The van der Waals surface area contributed by atoms with E-state index in [2.05, 4.69) is 0 Å². The van der Waals surface area contributed by atoms with Crippen LogP contribution in [0.1, 0.15) is 11.1 Å². The molecule has 16 heavy (non-hydrogen) atoms. The lowest BCUT2D eigenvalue weighted by atomic mass is 10.1. The largest absolute Gasteiger partial charge is 0.464 e. The smallest absolute Gasteiger partial charge is 0.426 e. The van der Waals surface area contributed by atoms with Gasteiger partial charge in [0, 0.05) is 7.05 Å². The van der Waals surface area contributed by atoms with Crippen molar-refractivity contribution in [3.05, 3.63) is 35.4 Å². The lowest BCUT2D eigenvalue weighted by Gasteiger charge is -2.26. The Morgan fingerprint density at radius 2 is 1.94 bits per heavy atom. The highest BCUT2D eigenvalue weighted by molar-refractivity contribution is 5.81. The number of hydrogen-bond acceptors (Lipinski definition) is 2. The quantitative estimate of drug-likeness (QED) is 0.712. The monoisotopic (exact) mass is 220 g/mol. The van der Waals surface area contributed by atoms with Gasteiger partial charge in [-0.2, -0.15) is 0 Å². The molecule has 0 spiro atoms. The van der Waals surface area contributed by atoms with Crippen LogP contribution in [0.15, 0.2) is 24.3 Å². The molecule has 1 heterocycles. The lowest BCUT2D eigenvalue weighted by Crippen LogP contribution is -2.45. The molecule has 1 aromatic carbocycles. The molecular formula is C11H12N2O3. The van der Waals surface area contributed by atoms with E-state index in [0.717, 1.165) is 21.1 Å². The standard InChI is InChI=1S/C11H12N2O3/c1-12-10(14)6-8-4-2-3-5-9(8)7-13(12)11(15)16/h2-5H,6-7H2,1H3,(H,15,16). The number of likely N-dealkylation sites (N-methyl/N-ethyl adjacent to an activating group) is 1. The maximum absolute atomic E-state index is 11.7. The van der Waals surface area contributed by atoms with Gasteiger partial charge in [0.1, 0.15) is 0 Å². The summed E-state index contributed by atoms with van der Waals surface area (Å²) in [6, 6.07) is 7.39. The zero-order chi connectivity index (χ0) is 11.7. The second kappa shape index (κ2) is 3.84. The molecule has 0 unspecified atom stereocenters. The fourth-order valence-electron chi connectivity index (χ4n) is 1.76. The minimum absolute atomic E-state index is 0.215. The molecule has 0 saturated carbocycles. The van der Waals surface area contributed by atoms with Gasteiger partial charge in [-0.15, -0.1) is 0 Å². The molecular weight excluding hydrogens is 208 g/mol. The third-order valence-electron chi connectivity index (χ3n) is 2.72. The summed E-state index contributed by atoms with van der Waals surface area (Å²) >= 11 is 0. The Balaban J connectivity index is 2.42. The zero-order valence-corrected chi connectivity index (χ0v) is 8.88. The Labute approximate surface area is 92.9 Å². The van der Waals surface area contributed by atoms with E-state index in [1.807, 2.05) is 24.3 Å². The summed E-state index contributed by atoms with van der Waals surface area (Å²) in [5.74, 6) is -0.215. The second-order valence-corrected chi connectivity index (χ2v) is 3.70. The number of hydrazine groups is 1. The number of carbonyl (C=O) groups is 2. The number of fused-ring (bicyclic) bond motifs is 1. The van der Waals surface area contributed by atoms with Crippen LogP contribution in [0.2, 0.25) is 0 Å². The van der Waals surface area contributed by atoms with Crippen LogP contribution in [0, 0.1) is 0 Å². The van der Waals surface area contributed by atoms with E-state index in [9.17, 15) is 9.59 Å². The van der Waals surface area contributed by atoms with Gasteiger partial charge in [0.05, 0.1) is 13.0 Å². The van der Waals surface area contributed by atoms with E-state index in [4.69, 9.17) is 5.11 Å². The van der Waals surface area contributed by atoms with Gasteiger partial charge in [0.2, 0.25) is 5.91 Å². The molecule has 0 atom stereocenters. The number of carbonyl (C=O) groups excluding carboxylic acids is 1. The average molecular weight is 220 g/mol. The van der Waals surface area contributed by atoms with Gasteiger partial charge >= 0.3 is 6.09 Å². The molecule has 0 aliphatic carbocycles. The van der Waals surface area contributed by atoms with E-state index in [1.165, 1.54) is 7.05 Å². The highest BCUT2D eigenvalue weighted by Crippen LogP contribution is 2.18. The first kappa shape index (κ1) is 10.5. The van der Waals surface area contributed by atoms with Crippen molar-refractivity contribution >= 4 is 12.0 Å². The van der Waals surface area contributed by atoms with E-state index in [1.54, 1.807) is 0 Å². The van der Waals surface area contributed by atoms with Crippen LogP contribution in [-0.4, -0.2) is 34.2 Å². The molecule has 1 aliphatic rings. The highest BCUT2D eigenvalue weighted by atomic mass is 16.4. The SMILES string of the molecule is CN1C(=O)Cc2ccccc2CN1C(=O)O. The minimum Gasteiger partial charge on any atom is -0.464 e. The van der Waals surface area contributed by atoms with Crippen molar-refractivity contribution < 1.29 is 14.7 Å². The molecule has 1 aliphatic heterocycles. The number of carboxylic acid groups (broad SMARTS) is 1. The summed E-state index contributed by atoms with van der Waals surface area (Å²) in [6.45, 7) is 0.216. The first-order chi connectivity index (χ1) is 7.59. The van der Waals surface area contributed by atoms with Crippen LogP contribution >= 0.6 is 0 Å². The molecule has 2 amide bonds. The van der Waals surface area contributed by atoms with Gasteiger partial charge in [0.15, 0.2) is 0 Å². The van der Waals surface area contributed by atoms with Gasteiger partial charge in [-0.1, -0.05) is 24.3 Å². The summed E-state index contributed by atoms with van der Waals surface area (Å²) in [5, 5.41) is 11.2. The fourth-order valence-corrected chi connectivity index (χ4v) is 1.76. The van der Waals surface area contributed by atoms with Crippen molar-refractivity contribution in [1.82, 2.24) is 10.0 Å². The molecule has 0 saturated heterocycles. The first-order valence-electron chi connectivity index (χ1n) is 4.93. The average Bonchev–Trinajstić information content (AvgIpc) is 2.37. The Bertz CT molecular complexity index is 445. The van der Waals surface area contributed by atoms with E-state index >= 15 is 0 Å². The van der Waals surface area contributed by atoms with Crippen LogP contribution in [0.4, 0.5) is 4.79 Å². The number of nitrogens with zero attached hydrogens (tertiary/aromatic N) is 2. The summed E-state index contributed by atoms with van der Waals surface area (Å²) < 4.78 is 0. The molecule has 0 bridgehead atoms. The van der Waals surface area contributed by atoms with Crippen LogP contribution in [0.3, 0.4) is 0 Å². The van der Waals surface area contributed by atoms with Crippen LogP contribution < -0.4 is 0 Å². The van der Waals surface area contributed by atoms with Crippen molar-refractivity contribution in [2.24, 2.45) is 0 Å². The van der Waals surface area contributed by atoms with E-state index in [0.29, 0.717) is 0 Å². The Morgan fingerprint density at radius 3 is 2.56 bits per heavy atom. The fraction of sp³-hybridized carbons (Fsp3) is 0.273. The first-order valence-corrected chi connectivity index (χ1v) is 4.93. The molecule has 0 aromatic heterocycles. The predicted molar refractivity (Wildman–Crippen MR) is 56.5 cm³/mol. The molecule has 2 rings (SSSR count). The molecule has 5 nitrogen and oxygen atoms in total. The molecule has 84 valence electrons. The second-order valence-electron chi connectivity index (χ2n) is 3.70. The van der Waals surface area contributed by atoms with Crippen LogP contribution in [0.25, 0.3) is 0 Å². The number of amides is 2. The van der Waals surface area contributed by atoms with Crippen LogP contribution in [-0.2, 0) is 17.8 Å². The molecule has 1 N–H and O–H groups in total. The summed E-state index contributed by atoms with van der Waals surface area (Å²) in [6.07, 6.45) is -0.872. The topological polar surface area (TPSA) is 60.9 Å². The highest BCUT2D eigenvalue weighted by Gasteiger charge is 2.27. The van der Waals surface area contributed by atoms with E-state index in [-0.39, 0.29) is 18.9 Å². The van der Waals surface area contributed by atoms with Gasteiger partial charge < -0.3 is 5.11 Å². The number of hydrogen-bond donors (Lipinski definition) is 1. The van der Waals surface area contributed by atoms with Crippen molar-refractivity contribution in [1.29, 1.82) is 0 Å². The number of benzene rings is 1. The predicted octanol–water partition coefficient (Wildman–Crippen LogP) is 1.10. The molecule has 1 aromatic rings. The molecule has 5 heteroatoms. The van der Waals surface area contributed by atoms with Crippen LogP contribution in [0.5, 0.6) is 0 Å². The van der Waals surface area contributed by atoms with Crippen molar-refractivity contribution in [2.75, 3.05) is 7.05 Å². The van der Waals surface area contributed by atoms with Crippen molar-refractivity contribution in [2.45, 2.75) is 13.0 Å². The summed E-state index contributed by atoms with van der Waals surface area (Å²) in [5.41, 5.74) is 1.77. The molecule has 0 radical (unpaired) electrons. The minimum atomic E-state index is -1.12.